The molecule has 1 aromatic heterocycles. The normalized spacial score (nSPS) is 24.5. The Labute approximate surface area is 221 Å². The zero-order valence-corrected chi connectivity index (χ0v) is 22.4. The monoisotopic (exact) mass is 558 g/mol. The summed E-state index contributed by atoms with van der Waals surface area (Å²) < 4.78 is 56.5. The fourth-order valence-corrected chi connectivity index (χ4v) is 8.16. The smallest absolute Gasteiger partial charge is 0.267 e. The molecule has 2 atom stereocenters. The highest BCUT2D eigenvalue weighted by molar-refractivity contribution is 7.92. The number of sulfonamides is 1. The van der Waals surface area contributed by atoms with Crippen LogP contribution in [0.3, 0.4) is 0 Å². The first-order chi connectivity index (χ1) is 17.1. The van der Waals surface area contributed by atoms with Crippen LogP contribution in [0, 0.1) is 23.1 Å². The Morgan fingerprint density at radius 2 is 1.94 bits per heavy atom. The summed E-state index contributed by atoms with van der Waals surface area (Å²) in [5, 5.41) is -0.584. The molecule has 0 unspecified atom stereocenters. The van der Waals surface area contributed by atoms with Crippen LogP contribution in [0.15, 0.2) is 29.2 Å². The van der Waals surface area contributed by atoms with Gasteiger partial charge in [0.15, 0.2) is 5.82 Å². The van der Waals surface area contributed by atoms with E-state index in [1.807, 2.05) is 4.90 Å². The van der Waals surface area contributed by atoms with Crippen molar-refractivity contribution in [3.63, 3.8) is 0 Å². The lowest BCUT2D eigenvalue weighted by Gasteiger charge is -2.56. The van der Waals surface area contributed by atoms with Crippen LogP contribution in [-0.2, 0) is 10.0 Å². The Morgan fingerprint density at radius 1 is 1.17 bits per heavy atom. The van der Waals surface area contributed by atoms with Crippen molar-refractivity contribution in [3.05, 3.63) is 46.1 Å². The second-order valence-corrected chi connectivity index (χ2v) is 13.0. The van der Waals surface area contributed by atoms with E-state index in [1.165, 1.54) is 43.9 Å². The molecule has 0 amide bonds. The topological polar surface area (TPSA) is 65.5 Å². The maximum Gasteiger partial charge on any atom is 0.267 e. The van der Waals surface area contributed by atoms with Crippen molar-refractivity contribution >= 4 is 44.7 Å². The number of nitrogens with zero attached hydrogens (tertiary/aromatic N) is 3. The van der Waals surface area contributed by atoms with Crippen LogP contribution in [0.4, 0.5) is 20.3 Å². The van der Waals surface area contributed by atoms with Gasteiger partial charge in [0.05, 0.1) is 10.7 Å². The Morgan fingerprint density at radius 3 is 2.67 bits per heavy atom. The fourth-order valence-electron chi connectivity index (χ4n) is 6.20. The second kappa shape index (κ2) is 9.89. The standard InChI is InChI=1S/C25H30Cl2F2N4O2S/c1-16-5-4-10-32(13-16)17-6-3-9-25(12-17)14-33(15-25)19-11-18(26)24(23(29)22(19)27)36(34,35)31-21-8-2-7-20(28)30-21/h2,7-8,11,16-17H,3-6,9-10,12-15H2,1H3,(H,30,31)/t16-,17-/m1/s1. The molecule has 0 radical (unpaired) electrons. The summed E-state index contributed by atoms with van der Waals surface area (Å²) in [6, 6.07) is 5.59. The Kier molecular flexibility index (Phi) is 7.13. The van der Waals surface area contributed by atoms with E-state index in [9.17, 15) is 12.8 Å². The number of piperidine rings is 1. The molecular formula is C25H30Cl2F2N4O2S. The second-order valence-electron chi connectivity index (χ2n) is 10.6. The van der Waals surface area contributed by atoms with E-state index in [0.29, 0.717) is 11.7 Å². The summed E-state index contributed by atoms with van der Waals surface area (Å²) in [6.07, 6.45) is 7.17. The first-order valence-electron chi connectivity index (χ1n) is 12.4. The van der Waals surface area contributed by atoms with E-state index < -0.39 is 26.7 Å². The summed E-state index contributed by atoms with van der Waals surface area (Å²) in [5.74, 6) is -1.56. The molecule has 3 heterocycles. The lowest BCUT2D eigenvalue weighted by atomic mass is 9.66. The summed E-state index contributed by atoms with van der Waals surface area (Å²) in [7, 11) is -4.49. The molecule has 6 nitrogen and oxygen atoms in total. The van der Waals surface area contributed by atoms with Crippen LogP contribution >= 0.6 is 23.2 Å². The van der Waals surface area contributed by atoms with Crippen molar-refractivity contribution in [2.75, 3.05) is 35.8 Å². The van der Waals surface area contributed by atoms with Crippen LogP contribution in [0.1, 0.15) is 45.4 Å². The number of anilines is 2. The quantitative estimate of drug-likeness (QED) is 0.363. The number of rotatable bonds is 5. The van der Waals surface area contributed by atoms with Crippen molar-refractivity contribution in [2.45, 2.75) is 56.4 Å². The fraction of sp³-hybridized carbons (Fsp3) is 0.560. The lowest BCUT2D eigenvalue weighted by molar-refractivity contribution is 0.0330. The maximum atomic E-state index is 15.3. The molecule has 3 fully saturated rings. The van der Waals surface area contributed by atoms with Gasteiger partial charge in [0.1, 0.15) is 15.7 Å². The van der Waals surface area contributed by atoms with Crippen LogP contribution in [0.2, 0.25) is 10.0 Å². The number of hydrogen-bond donors (Lipinski definition) is 1. The van der Waals surface area contributed by atoms with Gasteiger partial charge in [0, 0.05) is 31.1 Å². The molecule has 0 bridgehead atoms. The zero-order valence-electron chi connectivity index (χ0n) is 20.1. The molecule has 11 heteroatoms. The number of nitrogens with one attached hydrogen (secondary N) is 1. The first-order valence-corrected chi connectivity index (χ1v) is 14.6. The molecule has 2 saturated heterocycles. The molecule has 196 valence electrons. The molecule has 1 N–H and O–H groups in total. The summed E-state index contributed by atoms with van der Waals surface area (Å²) in [5.41, 5.74) is 0.548. The van der Waals surface area contributed by atoms with Crippen LogP contribution in [0.25, 0.3) is 0 Å². The van der Waals surface area contributed by atoms with Crippen molar-refractivity contribution in [2.24, 2.45) is 11.3 Å². The highest BCUT2D eigenvalue weighted by atomic mass is 35.5. The van der Waals surface area contributed by atoms with Crippen molar-refractivity contribution in [1.82, 2.24) is 9.88 Å². The Bertz CT molecular complexity index is 1260. The molecule has 2 aliphatic heterocycles. The third-order valence-corrected chi connectivity index (χ3v) is 10.0. The van der Waals surface area contributed by atoms with Crippen molar-refractivity contribution in [3.8, 4) is 0 Å². The minimum atomic E-state index is -4.49. The Balaban J connectivity index is 1.32. The number of likely N-dealkylation sites (tertiary alicyclic amines) is 1. The van der Waals surface area contributed by atoms with Gasteiger partial charge in [-0.2, -0.15) is 4.39 Å². The summed E-state index contributed by atoms with van der Waals surface area (Å²) in [4.78, 5) is 7.31. The van der Waals surface area contributed by atoms with Gasteiger partial charge in [-0.1, -0.05) is 42.6 Å². The van der Waals surface area contributed by atoms with Gasteiger partial charge in [0.25, 0.3) is 10.0 Å². The number of hydrogen-bond acceptors (Lipinski definition) is 5. The van der Waals surface area contributed by atoms with E-state index in [2.05, 4.69) is 21.5 Å². The van der Waals surface area contributed by atoms with Gasteiger partial charge in [-0.15, -0.1) is 0 Å². The van der Waals surface area contributed by atoms with E-state index in [-0.39, 0.29) is 21.3 Å². The summed E-state index contributed by atoms with van der Waals surface area (Å²) >= 11 is 12.6. The first kappa shape index (κ1) is 25.9. The lowest BCUT2D eigenvalue weighted by Crippen LogP contribution is -2.61. The van der Waals surface area contributed by atoms with Crippen LogP contribution in [0.5, 0.6) is 0 Å². The van der Waals surface area contributed by atoms with Gasteiger partial charge >= 0.3 is 0 Å². The van der Waals surface area contributed by atoms with Crippen LogP contribution < -0.4 is 9.62 Å². The molecule has 1 aliphatic carbocycles. The van der Waals surface area contributed by atoms with Gasteiger partial charge in [0.2, 0.25) is 5.95 Å². The minimum absolute atomic E-state index is 0.158. The number of benzene rings is 1. The summed E-state index contributed by atoms with van der Waals surface area (Å²) in [6.45, 7) is 6.12. The molecule has 36 heavy (non-hydrogen) atoms. The van der Waals surface area contributed by atoms with E-state index in [0.717, 1.165) is 51.0 Å². The third-order valence-electron chi connectivity index (χ3n) is 7.83. The van der Waals surface area contributed by atoms with Crippen molar-refractivity contribution < 1.29 is 17.2 Å². The SMILES string of the molecule is C[C@@H]1CCCN([C@@H]2CCCC3(C2)CN(c2cc(Cl)c(S(=O)(=O)Nc4cccc(F)n4)c(F)c2Cl)C3)C1. The predicted octanol–water partition coefficient (Wildman–Crippen LogP) is 5.95. The van der Waals surface area contributed by atoms with Gasteiger partial charge in [-0.3, -0.25) is 4.72 Å². The maximum absolute atomic E-state index is 15.3. The number of halogens is 4. The predicted molar refractivity (Wildman–Crippen MR) is 138 cm³/mol. The van der Waals surface area contributed by atoms with E-state index in [1.54, 1.807) is 0 Å². The highest BCUT2D eigenvalue weighted by Gasteiger charge is 2.48. The van der Waals surface area contributed by atoms with Gasteiger partial charge < -0.3 is 9.80 Å². The van der Waals surface area contributed by atoms with Crippen molar-refractivity contribution in [1.29, 1.82) is 0 Å². The third kappa shape index (κ3) is 5.04. The molecule has 1 aromatic carbocycles. The number of aromatic nitrogens is 1. The zero-order chi connectivity index (χ0) is 25.7. The van der Waals surface area contributed by atoms with Gasteiger partial charge in [-0.05, 0) is 62.8 Å². The van der Waals surface area contributed by atoms with Crippen LogP contribution in [-0.4, -0.2) is 50.5 Å². The largest absolute Gasteiger partial charge is 0.369 e. The van der Waals surface area contributed by atoms with Gasteiger partial charge in [-0.25, -0.2) is 17.8 Å². The average molecular weight is 560 g/mol. The molecule has 1 saturated carbocycles. The molecule has 3 aliphatic rings. The molecular weight excluding hydrogens is 529 g/mol. The molecule has 1 spiro atoms. The minimum Gasteiger partial charge on any atom is -0.369 e. The molecule has 5 rings (SSSR count). The number of pyridine rings is 1. The molecule has 2 aromatic rings. The Hall–Kier alpha value is -1.68. The average Bonchev–Trinajstić information content (AvgIpc) is 2.79. The van der Waals surface area contributed by atoms with E-state index in [4.69, 9.17) is 23.2 Å². The van der Waals surface area contributed by atoms with E-state index >= 15 is 4.39 Å². The highest BCUT2D eigenvalue weighted by Crippen LogP contribution is 2.49.